The number of amides is 3. The van der Waals surface area contributed by atoms with E-state index in [4.69, 9.17) is 4.74 Å². The highest BCUT2D eigenvalue weighted by molar-refractivity contribution is 6.12. The molecule has 0 aliphatic carbocycles. The molecular weight excluding hydrogens is 418 g/mol. The van der Waals surface area contributed by atoms with Gasteiger partial charge in [-0.2, -0.15) is 0 Å². The molecule has 7 heteroatoms. The lowest BCUT2D eigenvalue weighted by atomic mass is 9.84. The van der Waals surface area contributed by atoms with Crippen molar-refractivity contribution >= 4 is 17.7 Å². The molecule has 168 valence electrons. The minimum atomic E-state index is -1.19. The van der Waals surface area contributed by atoms with E-state index < -0.39 is 17.5 Å². The van der Waals surface area contributed by atoms with Crippen molar-refractivity contribution in [2.45, 2.75) is 32.7 Å². The standard InChI is InChI=1S/C26H25N3O4/c1-16-8-10-19(11-9-16)29-17(2)14-20(18(29)3)22(30)15-28-24(31)26(27-25(28)32)12-13-33-23-7-5-4-6-21(23)26/h4-11,14H,12-13,15H2,1-3H3,(H,27,32). The first-order chi connectivity index (χ1) is 15.8. The third-order valence-corrected chi connectivity index (χ3v) is 6.58. The number of carbonyl (C=O) groups is 3. The molecule has 1 saturated heterocycles. The van der Waals surface area contributed by atoms with Crippen molar-refractivity contribution in [1.29, 1.82) is 0 Å². The van der Waals surface area contributed by atoms with E-state index in [0.717, 1.165) is 27.5 Å². The molecule has 33 heavy (non-hydrogen) atoms. The number of urea groups is 1. The minimum Gasteiger partial charge on any atom is -0.493 e. The summed E-state index contributed by atoms with van der Waals surface area (Å²) >= 11 is 0. The van der Waals surface area contributed by atoms with Crippen LogP contribution in [0, 0.1) is 20.8 Å². The van der Waals surface area contributed by atoms with E-state index in [0.29, 0.717) is 29.9 Å². The lowest BCUT2D eigenvalue weighted by Crippen LogP contribution is -2.47. The Balaban J connectivity index is 1.44. The van der Waals surface area contributed by atoms with Gasteiger partial charge < -0.3 is 14.6 Å². The molecule has 3 heterocycles. The highest BCUT2D eigenvalue weighted by atomic mass is 16.5. The van der Waals surface area contributed by atoms with Crippen LogP contribution in [0.3, 0.4) is 0 Å². The Bertz CT molecular complexity index is 1290. The second-order valence-corrected chi connectivity index (χ2v) is 8.70. The summed E-state index contributed by atoms with van der Waals surface area (Å²) in [4.78, 5) is 40.6. The predicted octanol–water partition coefficient (Wildman–Crippen LogP) is 3.82. The van der Waals surface area contributed by atoms with Crippen molar-refractivity contribution in [1.82, 2.24) is 14.8 Å². The molecule has 2 aromatic carbocycles. The molecule has 1 atom stereocenters. The fraction of sp³-hybridized carbons (Fsp3) is 0.269. The van der Waals surface area contributed by atoms with Crippen LogP contribution in [0.1, 0.15) is 39.3 Å². The predicted molar refractivity (Wildman–Crippen MR) is 123 cm³/mol. The van der Waals surface area contributed by atoms with E-state index in [1.807, 2.05) is 67.8 Å². The number of ether oxygens (including phenoxy) is 1. The van der Waals surface area contributed by atoms with Gasteiger partial charge in [-0.05, 0) is 45.0 Å². The summed E-state index contributed by atoms with van der Waals surface area (Å²) < 4.78 is 7.68. The Morgan fingerprint density at radius 2 is 1.79 bits per heavy atom. The third kappa shape index (κ3) is 3.23. The molecule has 0 radical (unpaired) electrons. The van der Waals surface area contributed by atoms with E-state index >= 15 is 0 Å². The number of ketones is 1. The van der Waals surface area contributed by atoms with Crippen LogP contribution in [-0.2, 0) is 10.3 Å². The normalized spacial score (nSPS) is 19.4. The maximum Gasteiger partial charge on any atom is 0.325 e. The summed E-state index contributed by atoms with van der Waals surface area (Å²) in [5.74, 6) is -0.112. The third-order valence-electron chi connectivity index (χ3n) is 6.58. The molecule has 1 unspecified atom stereocenters. The molecule has 1 N–H and O–H groups in total. The Hall–Kier alpha value is -3.87. The average molecular weight is 444 g/mol. The number of hydrogen-bond acceptors (Lipinski definition) is 4. The van der Waals surface area contributed by atoms with E-state index in [9.17, 15) is 14.4 Å². The van der Waals surface area contributed by atoms with Gasteiger partial charge >= 0.3 is 6.03 Å². The molecule has 3 aromatic rings. The van der Waals surface area contributed by atoms with Gasteiger partial charge in [0.2, 0.25) is 0 Å². The molecule has 2 aliphatic rings. The molecule has 7 nitrogen and oxygen atoms in total. The molecule has 0 bridgehead atoms. The molecule has 1 fully saturated rings. The first-order valence-corrected chi connectivity index (χ1v) is 11.0. The zero-order valence-electron chi connectivity index (χ0n) is 18.8. The lowest BCUT2D eigenvalue weighted by Gasteiger charge is -2.33. The van der Waals surface area contributed by atoms with Crippen molar-refractivity contribution in [3.8, 4) is 11.4 Å². The number of rotatable bonds is 4. The van der Waals surface area contributed by atoms with Crippen LogP contribution in [0.25, 0.3) is 5.69 Å². The fourth-order valence-electron chi connectivity index (χ4n) is 4.88. The molecule has 5 rings (SSSR count). The van der Waals surface area contributed by atoms with Crippen LogP contribution >= 0.6 is 0 Å². The van der Waals surface area contributed by atoms with E-state index in [2.05, 4.69) is 5.32 Å². The largest absolute Gasteiger partial charge is 0.493 e. The Labute approximate surface area is 192 Å². The Morgan fingerprint density at radius 3 is 2.55 bits per heavy atom. The Kier molecular flexibility index (Phi) is 4.85. The number of aromatic nitrogens is 1. The molecule has 1 aromatic heterocycles. The van der Waals surface area contributed by atoms with Gasteiger partial charge in [-0.25, -0.2) is 4.79 Å². The monoisotopic (exact) mass is 443 g/mol. The first kappa shape index (κ1) is 21.0. The van der Waals surface area contributed by atoms with Gasteiger partial charge in [-0.3, -0.25) is 14.5 Å². The van der Waals surface area contributed by atoms with Crippen LogP contribution in [0.5, 0.6) is 5.75 Å². The van der Waals surface area contributed by atoms with Crippen LogP contribution in [0.15, 0.2) is 54.6 Å². The summed E-state index contributed by atoms with van der Waals surface area (Å²) in [5, 5.41) is 2.84. The number of nitrogens with zero attached hydrogens (tertiary/aromatic N) is 2. The number of Topliss-reactive ketones (excluding diaryl/α,β-unsaturated/α-hetero) is 1. The van der Waals surface area contributed by atoms with Gasteiger partial charge in [0.25, 0.3) is 5.91 Å². The Morgan fingerprint density at radius 1 is 1.06 bits per heavy atom. The van der Waals surface area contributed by atoms with Crippen LogP contribution in [0.2, 0.25) is 0 Å². The van der Waals surface area contributed by atoms with Crippen molar-refractivity contribution in [3.63, 3.8) is 0 Å². The number of nitrogens with one attached hydrogen (secondary N) is 1. The number of aryl methyl sites for hydroxylation is 2. The second-order valence-electron chi connectivity index (χ2n) is 8.70. The van der Waals surface area contributed by atoms with Gasteiger partial charge in [-0.1, -0.05) is 35.9 Å². The van der Waals surface area contributed by atoms with Crippen molar-refractivity contribution < 1.29 is 19.1 Å². The first-order valence-electron chi connectivity index (χ1n) is 11.0. The topological polar surface area (TPSA) is 80.6 Å². The number of fused-ring (bicyclic) bond motifs is 2. The van der Waals surface area contributed by atoms with Crippen LogP contribution in [-0.4, -0.2) is 40.3 Å². The van der Waals surface area contributed by atoms with Crippen molar-refractivity contribution in [2.75, 3.05) is 13.2 Å². The van der Waals surface area contributed by atoms with Crippen LogP contribution < -0.4 is 10.1 Å². The van der Waals surface area contributed by atoms with Gasteiger partial charge in [0, 0.05) is 34.6 Å². The lowest BCUT2D eigenvalue weighted by molar-refractivity contribution is -0.132. The van der Waals surface area contributed by atoms with Crippen molar-refractivity contribution in [3.05, 3.63) is 82.7 Å². The highest BCUT2D eigenvalue weighted by Gasteiger charge is 2.55. The second kappa shape index (κ2) is 7.62. The number of para-hydroxylation sites is 1. The number of carbonyl (C=O) groups excluding carboxylic acids is 3. The fourth-order valence-corrected chi connectivity index (χ4v) is 4.88. The minimum absolute atomic E-state index is 0.276. The van der Waals surface area contributed by atoms with Gasteiger partial charge in [-0.15, -0.1) is 0 Å². The van der Waals surface area contributed by atoms with Crippen molar-refractivity contribution in [2.24, 2.45) is 0 Å². The molecule has 2 aliphatic heterocycles. The number of benzene rings is 2. The number of hydrogen-bond donors (Lipinski definition) is 1. The molecule has 1 spiro atoms. The van der Waals surface area contributed by atoms with Gasteiger partial charge in [0.05, 0.1) is 13.2 Å². The summed E-state index contributed by atoms with van der Waals surface area (Å²) in [6.07, 6.45) is 0.321. The molecular formula is C26H25N3O4. The van der Waals surface area contributed by atoms with Gasteiger partial charge in [0.1, 0.15) is 5.75 Å². The van der Waals surface area contributed by atoms with E-state index in [1.165, 1.54) is 0 Å². The van der Waals surface area contributed by atoms with E-state index in [1.54, 1.807) is 12.1 Å². The zero-order valence-corrected chi connectivity index (χ0v) is 18.8. The van der Waals surface area contributed by atoms with Crippen LogP contribution in [0.4, 0.5) is 4.79 Å². The smallest absolute Gasteiger partial charge is 0.325 e. The summed E-state index contributed by atoms with van der Waals surface area (Å²) in [7, 11) is 0. The van der Waals surface area contributed by atoms with Gasteiger partial charge in [0.15, 0.2) is 11.3 Å². The average Bonchev–Trinajstić information content (AvgIpc) is 3.23. The maximum atomic E-state index is 13.5. The quantitative estimate of drug-likeness (QED) is 0.491. The molecule has 0 saturated carbocycles. The van der Waals surface area contributed by atoms with E-state index in [-0.39, 0.29) is 12.3 Å². The summed E-state index contributed by atoms with van der Waals surface area (Å²) in [6.45, 7) is 5.83. The molecule has 3 amide bonds. The summed E-state index contributed by atoms with van der Waals surface area (Å²) in [6, 6.07) is 16.5. The highest BCUT2D eigenvalue weighted by Crippen LogP contribution is 2.41. The maximum absolute atomic E-state index is 13.5. The summed E-state index contributed by atoms with van der Waals surface area (Å²) in [5.41, 5.74) is 3.74. The zero-order chi connectivity index (χ0) is 23.3. The number of imide groups is 1. The SMILES string of the molecule is Cc1ccc(-n2c(C)cc(C(=O)CN3C(=O)NC4(CCOc5ccccc54)C3=O)c2C)cc1.